The van der Waals surface area contributed by atoms with Crippen molar-refractivity contribution >= 4 is 5.78 Å². The smallest absolute Gasteiger partial charge is 0.132 e. The zero-order valence-electron chi connectivity index (χ0n) is 10.8. The average molecular weight is 251 g/mol. The van der Waals surface area contributed by atoms with Crippen molar-refractivity contribution in [3.8, 4) is 0 Å². The summed E-state index contributed by atoms with van der Waals surface area (Å²) in [6.45, 7) is 3.47. The third kappa shape index (κ3) is 3.43. The number of ketones is 1. The van der Waals surface area contributed by atoms with Crippen molar-refractivity contribution < 1.29 is 14.3 Å². The first-order chi connectivity index (χ1) is 8.66. The average Bonchev–Trinajstić information content (AvgIpc) is 2.97. The quantitative estimate of drug-likeness (QED) is 0.841. The lowest BCUT2D eigenvalue weighted by atomic mass is 10.0. The van der Waals surface area contributed by atoms with E-state index in [9.17, 15) is 9.90 Å². The van der Waals surface area contributed by atoms with Gasteiger partial charge >= 0.3 is 0 Å². The molecule has 1 aromatic heterocycles. The number of furan rings is 1. The third-order valence-electron chi connectivity index (χ3n) is 3.62. The Labute approximate surface area is 108 Å². The molecule has 0 aromatic carbocycles. The highest BCUT2D eigenvalue weighted by Crippen LogP contribution is 2.27. The summed E-state index contributed by atoms with van der Waals surface area (Å²) in [5.41, 5.74) is 0. The lowest BCUT2D eigenvalue weighted by Crippen LogP contribution is -2.32. The van der Waals surface area contributed by atoms with Crippen molar-refractivity contribution in [2.24, 2.45) is 0 Å². The van der Waals surface area contributed by atoms with Crippen LogP contribution in [0.2, 0.25) is 0 Å². The molecule has 1 aliphatic rings. The summed E-state index contributed by atoms with van der Waals surface area (Å²) in [7, 11) is 0. The van der Waals surface area contributed by atoms with Gasteiger partial charge in [-0.15, -0.1) is 0 Å². The molecule has 0 spiro atoms. The van der Waals surface area contributed by atoms with Crippen molar-refractivity contribution in [2.75, 3.05) is 13.1 Å². The normalized spacial score (nSPS) is 22.2. The second-order valence-electron chi connectivity index (χ2n) is 5.05. The Morgan fingerprint density at radius 2 is 2.50 bits per heavy atom. The highest BCUT2D eigenvalue weighted by atomic mass is 16.4. The first-order valence-corrected chi connectivity index (χ1v) is 6.62. The SMILES string of the molecule is CC(=O)CCN1CCCC1CC(O)c1ccco1. The van der Waals surface area contributed by atoms with Gasteiger partial charge in [0.15, 0.2) is 0 Å². The van der Waals surface area contributed by atoms with Crippen LogP contribution in [0.15, 0.2) is 22.8 Å². The molecule has 1 fully saturated rings. The van der Waals surface area contributed by atoms with Gasteiger partial charge in [-0.2, -0.15) is 0 Å². The summed E-state index contributed by atoms with van der Waals surface area (Å²) in [4.78, 5) is 13.3. The van der Waals surface area contributed by atoms with Gasteiger partial charge in [0, 0.05) is 19.0 Å². The number of nitrogens with zero attached hydrogens (tertiary/aromatic N) is 1. The molecule has 1 aromatic rings. The Morgan fingerprint density at radius 1 is 1.67 bits per heavy atom. The summed E-state index contributed by atoms with van der Waals surface area (Å²) < 4.78 is 5.22. The second-order valence-corrected chi connectivity index (χ2v) is 5.05. The maximum absolute atomic E-state index is 11.0. The summed E-state index contributed by atoms with van der Waals surface area (Å²) in [5.74, 6) is 0.862. The molecule has 0 aliphatic carbocycles. The number of Topliss-reactive ketones (excluding diaryl/α,β-unsaturated/α-hetero) is 1. The molecule has 1 N–H and O–H groups in total. The van der Waals surface area contributed by atoms with Crippen molar-refractivity contribution in [2.45, 2.75) is 44.8 Å². The largest absolute Gasteiger partial charge is 0.467 e. The minimum absolute atomic E-state index is 0.229. The predicted octanol–water partition coefficient (Wildman–Crippen LogP) is 2.15. The Kier molecular flexibility index (Phi) is 4.55. The summed E-state index contributed by atoms with van der Waals surface area (Å²) in [5, 5.41) is 10.1. The molecule has 100 valence electrons. The fourth-order valence-electron chi connectivity index (χ4n) is 2.61. The van der Waals surface area contributed by atoms with Crippen LogP contribution in [0.3, 0.4) is 0 Å². The van der Waals surface area contributed by atoms with E-state index in [-0.39, 0.29) is 5.78 Å². The Hall–Kier alpha value is -1.13. The molecule has 0 bridgehead atoms. The number of aliphatic hydroxyl groups excluding tert-OH is 1. The number of likely N-dealkylation sites (tertiary alicyclic amines) is 1. The zero-order valence-corrected chi connectivity index (χ0v) is 10.8. The molecule has 2 atom stereocenters. The van der Waals surface area contributed by atoms with E-state index >= 15 is 0 Å². The lowest BCUT2D eigenvalue weighted by Gasteiger charge is -2.25. The van der Waals surface area contributed by atoms with E-state index in [0.29, 0.717) is 24.6 Å². The minimum Gasteiger partial charge on any atom is -0.467 e. The van der Waals surface area contributed by atoms with Gasteiger partial charge in [0.2, 0.25) is 0 Å². The molecular formula is C14H21NO3. The molecule has 0 radical (unpaired) electrons. The molecule has 4 nitrogen and oxygen atoms in total. The Bertz CT molecular complexity index is 374. The standard InChI is InChI=1S/C14H21NO3/c1-11(16)6-8-15-7-2-4-12(15)10-13(17)14-5-3-9-18-14/h3,5,9,12-13,17H,2,4,6-8,10H2,1H3. The summed E-state index contributed by atoms with van der Waals surface area (Å²) in [6, 6.07) is 3.96. The molecule has 2 unspecified atom stereocenters. The van der Waals surface area contributed by atoms with Gasteiger partial charge in [0.05, 0.1) is 6.26 Å². The van der Waals surface area contributed by atoms with Gasteiger partial charge in [-0.3, -0.25) is 9.69 Å². The van der Waals surface area contributed by atoms with Gasteiger partial charge in [0.1, 0.15) is 17.6 Å². The molecule has 0 amide bonds. The van der Waals surface area contributed by atoms with Crippen LogP contribution in [0.1, 0.15) is 44.5 Å². The highest BCUT2D eigenvalue weighted by molar-refractivity contribution is 5.75. The molecule has 1 aliphatic heterocycles. The molecule has 1 saturated heterocycles. The van der Waals surface area contributed by atoms with Crippen molar-refractivity contribution in [1.29, 1.82) is 0 Å². The first-order valence-electron chi connectivity index (χ1n) is 6.62. The Balaban J connectivity index is 1.85. The number of carbonyl (C=O) groups is 1. The van der Waals surface area contributed by atoms with Crippen molar-refractivity contribution in [3.05, 3.63) is 24.2 Å². The predicted molar refractivity (Wildman–Crippen MR) is 68.2 cm³/mol. The van der Waals surface area contributed by atoms with Crippen LogP contribution in [-0.4, -0.2) is 34.9 Å². The Morgan fingerprint density at radius 3 is 3.17 bits per heavy atom. The van der Waals surface area contributed by atoms with E-state index < -0.39 is 6.10 Å². The lowest BCUT2D eigenvalue weighted by molar-refractivity contribution is -0.117. The van der Waals surface area contributed by atoms with E-state index in [2.05, 4.69) is 4.90 Å². The van der Waals surface area contributed by atoms with Crippen LogP contribution in [0, 0.1) is 0 Å². The van der Waals surface area contributed by atoms with Crippen LogP contribution < -0.4 is 0 Å². The van der Waals surface area contributed by atoms with Crippen molar-refractivity contribution in [3.63, 3.8) is 0 Å². The molecule has 4 heteroatoms. The van der Waals surface area contributed by atoms with Gasteiger partial charge in [0.25, 0.3) is 0 Å². The minimum atomic E-state index is -0.539. The number of aliphatic hydroxyl groups is 1. The molecule has 2 heterocycles. The number of carbonyl (C=O) groups excluding carboxylic acids is 1. The van der Waals surface area contributed by atoms with E-state index in [0.717, 1.165) is 25.9 Å². The first kappa shape index (κ1) is 13.3. The van der Waals surface area contributed by atoms with Crippen molar-refractivity contribution in [1.82, 2.24) is 4.90 Å². The summed E-state index contributed by atoms with van der Waals surface area (Å²) >= 11 is 0. The van der Waals surface area contributed by atoms with Crippen LogP contribution in [0.5, 0.6) is 0 Å². The number of hydrogen-bond acceptors (Lipinski definition) is 4. The van der Waals surface area contributed by atoms with Crippen LogP contribution in [-0.2, 0) is 4.79 Å². The van der Waals surface area contributed by atoms with E-state index in [1.807, 2.05) is 0 Å². The summed E-state index contributed by atoms with van der Waals surface area (Å²) in [6.07, 6.45) is 4.57. The van der Waals surface area contributed by atoms with Crippen LogP contribution in [0.25, 0.3) is 0 Å². The van der Waals surface area contributed by atoms with E-state index in [4.69, 9.17) is 4.42 Å². The molecule has 0 saturated carbocycles. The van der Waals surface area contributed by atoms with Crippen LogP contribution in [0.4, 0.5) is 0 Å². The van der Waals surface area contributed by atoms with Crippen LogP contribution >= 0.6 is 0 Å². The molecular weight excluding hydrogens is 230 g/mol. The fourth-order valence-corrected chi connectivity index (χ4v) is 2.61. The third-order valence-corrected chi connectivity index (χ3v) is 3.62. The number of hydrogen-bond donors (Lipinski definition) is 1. The second kappa shape index (κ2) is 6.16. The topological polar surface area (TPSA) is 53.7 Å². The zero-order chi connectivity index (χ0) is 13.0. The molecule has 2 rings (SSSR count). The van der Waals surface area contributed by atoms with Gasteiger partial charge < -0.3 is 9.52 Å². The maximum atomic E-state index is 11.0. The van der Waals surface area contributed by atoms with E-state index in [1.165, 1.54) is 0 Å². The van der Waals surface area contributed by atoms with Gasteiger partial charge in [-0.1, -0.05) is 0 Å². The van der Waals surface area contributed by atoms with E-state index in [1.54, 1.807) is 25.3 Å². The van der Waals surface area contributed by atoms with Gasteiger partial charge in [-0.25, -0.2) is 0 Å². The van der Waals surface area contributed by atoms with Gasteiger partial charge in [-0.05, 0) is 44.9 Å². The molecule has 18 heavy (non-hydrogen) atoms. The number of rotatable bonds is 6. The fraction of sp³-hybridized carbons (Fsp3) is 0.643. The maximum Gasteiger partial charge on any atom is 0.132 e. The monoisotopic (exact) mass is 251 g/mol. The highest BCUT2D eigenvalue weighted by Gasteiger charge is 2.27.